The van der Waals surface area contributed by atoms with E-state index in [2.05, 4.69) is 15.3 Å². The van der Waals surface area contributed by atoms with Crippen molar-refractivity contribution in [1.29, 1.82) is 0 Å². The molecule has 7 nitrogen and oxygen atoms in total. The third-order valence-electron chi connectivity index (χ3n) is 2.90. The van der Waals surface area contributed by atoms with E-state index in [0.717, 1.165) is 17.8 Å². The lowest BCUT2D eigenvalue weighted by Crippen LogP contribution is -2.14. The summed E-state index contributed by atoms with van der Waals surface area (Å²) in [5, 5.41) is 11.1. The van der Waals surface area contributed by atoms with Gasteiger partial charge in [0.25, 0.3) is 0 Å². The highest BCUT2D eigenvalue weighted by molar-refractivity contribution is 7.71. The van der Waals surface area contributed by atoms with Gasteiger partial charge in [0, 0.05) is 6.42 Å². The van der Waals surface area contributed by atoms with Gasteiger partial charge in [-0.25, -0.2) is 4.79 Å². The fraction of sp³-hybridized carbons (Fsp3) is 0.333. The first-order valence-corrected chi connectivity index (χ1v) is 7.64. The summed E-state index contributed by atoms with van der Waals surface area (Å²) in [4.78, 5) is 11.2. The number of ether oxygens (including phenoxy) is 2. The minimum Gasteiger partial charge on any atom is -0.482 e. The van der Waals surface area contributed by atoms with Gasteiger partial charge in [0.05, 0.1) is 12.8 Å². The van der Waals surface area contributed by atoms with Crippen molar-refractivity contribution in [3.05, 3.63) is 40.4 Å². The Kier molecular flexibility index (Phi) is 6.04. The van der Waals surface area contributed by atoms with Gasteiger partial charge in [-0.1, -0.05) is 6.92 Å². The first-order chi connectivity index (χ1) is 11.1. The number of aromatic amines is 1. The first kappa shape index (κ1) is 16.9. The standard InChI is InChI=1S/C15H18N4O3S/c1-3-13-17-18-15(23)19(13)16-9-11-5-7-12(8-6-11)22-10-14(20)21-4-2/h5-9H,3-4,10H2,1-2H3,(H,18,23)/b16-9-. The quantitative estimate of drug-likeness (QED) is 0.477. The van der Waals surface area contributed by atoms with E-state index in [1.54, 1.807) is 29.9 Å². The Morgan fingerprint density at radius 2 is 2.13 bits per heavy atom. The molecule has 0 atom stereocenters. The molecule has 0 aliphatic rings. The zero-order chi connectivity index (χ0) is 16.7. The van der Waals surface area contributed by atoms with Gasteiger partial charge in [0.2, 0.25) is 4.77 Å². The molecule has 2 rings (SSSR count). The minimum atomic E-state index is -0.389. The van der Waals surface area contributed by atoms with Crippen molar-refractivity contribution in [3.8, 4) is 5.75 Å². The zero-order valence-electron chi connectivity index (χ0n) is 13.0. The number of hydrogen-bond donors (Lipinski definition) is 1. The molecule has 2 aromatic rings. The van der Waals surface area contributed by atoms with Crippen molar-refractivity contribution >= 4 is 24.4 Å². The van der Waals surface area contributed by atoms with Gasteiger partial charge in [-0.2, -0.15) is 14.9 Å². The summed E-state index contributed by atoms with van der Waals surface area (Å²) in [5.74, 6) is 0.963. The molecule has 1 heterocycles. The number of aryl methyl sites for hydroxylation is 1. The van der Waals surface area contributed by atoms with Crippen molar-refractivity contribution in [3.63, 3.8) is 0 Å². The Labute approximate surface area is 138 Å². The normalized spacial score (nSPS) is 10.9. The highest BCUT2D eigenvalue weighted by Crippen LogP contribution is 2.11. The second-order valence-electron chi connectivity index (χ2n) is 4.52. The molecule has 0 saturated carbocycles. The molecule has 0 radical (unpaired) electrons. The van der Waals surface area contributed by atoms with Crippen LogP contribution in [0.4, 0.5) is 0 Å². The molecule has 122 valence electrons. The summed E-state index contributed by atoms with van der Waals surface area (Å²) < 4.78 is 12.2. The number of benzene rings is 1. The van der Waals surface area contributed by atoms with E-state index in [1.165, 1.54) is 0 Å². The van der Waals surface area contributed by atoms with Crippen molar-refractivity contribution in [2.75, 3.05) is 13.2 Å². The van der Waals surface area contributed by atoms with Gasteiger partial charge in [-0.15, -0.1) is 0 Å². The van der Waals surface area contributed by atoms with Crippen LogP contribution in [0, 0.1) is 4.77 Å². The molecule has 0 spiro atoms. The maximum Gasteiger partial charge on any atom is 0.344 e. The summed E-state index contributed by atoms with van der Waals surface area (Å²) >= 11 is 5.12. The maximum absolute atomic E-state index is 11.2. The monoisotopic (exact) mass is 334 g/mol. The lowest BCUT2D eigenvalue weighted by Gasteiger charge is -2.05. The smallest absolute Gasteiger partial charge is 0.344 e. The number of aromatic nitrogens is 3. The van der Waals surface area contributed by atoms with Crippen LogP contribution in [0.25, 0.3) is 0 Å². The summed E-state index contributed by atoms with van der Waals surface area (Å²) in [5.41, 5.74) is 0.874. The van der Waals surface area contributed by atoms with Gasteiger partial charge in [-0.05, 0) is 49.0 Å². The topological polar surface area (TPSA) is 81.5 Å². The second kappa shape index (κ2) is 8.23. The Balaban J connectivity index is 1.99. The number of carbonyl (C=O) groups excluding carboxylic acids is 1. The number of esters is 1. The average molecular weight is 334 g/mol. The highest BCUT2D eigenvalue weighted by atomic mass is 32.1. The molecule has 0 fully saturated rings. The summed E-state index contributed by atoms with van der Waals surface area (Å²) in [6.07, 6.45) is 2.41. The van der Waals surface area contributed by atoms with E-state index < -0.39 is 0 Å². The van der Waals surface area contributed by atoms with Crippen LogP contribution in [0.2, 0.25) is 0 Å². The van der Waals surface area contributed by atoms with Crippen LogP contribution < -0.4 is 4.74 Å². The van der Waals surface area contributed by atoms with E-state index in [0.29, 0.717) is 17.1 Å². The molecular formula is C15H18N4O3S. The molecule has 1 N–H and O–H groups in total. The Bertz CT molecular complexity index is 734. The molecule has 23 heavy (non-hydrogen) atoms. The molecule has 0 bridgehead atoms. The lowest BCUT2D eigenvalue weighted by atomic mass is 10.2. The molecule has 1 aromatic carbocycles. The van der Waals surface area contributed by atoms with E-state index in [1.807, 2.05) is 19.1 Å². The first-order valence-electron chi connectivity index (χ1n) is 7.23. The predicted octanol–water partition coefficient (Wildman–Crippen LogP) is 2.33. The van der Waals surface area contributed by atoms with Crippen molar-refractivity contribution in [1.82, 2.24) is 14.9 Å². The van der Waals surface area contributed by atoms with Gasteiger partial charge >= 0.3 is 5.97 Å². The molecule has 0 amide bonds. The van der Waals surface area contributed by atoms with E-state index in [-0.39, 0.29) is 12.6 Å². The fourth-order valence-corrected chi connectivity index (χ4v) is 1.99. The summed E-state index contributed by atoms with van der Waals surface area (Å²) in [7, 11) is 0. The van der Waals surface area contributed by atoms with Gasteiger partial charge < -0.3 is 9.47 Å². The van der Waals surface area contributed by atoms with Crippen LogP contribution in [0.1, 0.15) is 25.2 Å². The van der Waals surface area contributed by atoms with Crippen molar-refractivity contribution < 1.29 is 14.3 Å². The van der Waals surface area contributed by atoms with Crippen LogP contribution in [-0.4, -0.2) is 40.3 Å². The molecule has 1 aromatic heterocycles. The summed E-state index contributed by atoms with van der Waals surface area (Å²) in [6, 6.07) is 7.19. The SMILES string of the molecule is CCOC(=O)COc1ccc(/C=N\n2c(CC)n[nH]c2=S)cc1. The van der Waals surface area contributed by atoms with Crippen LogP contribution in [0.15, 0.2) is 29.4 Å². The third-order valence-corrected chi connectivity index (χ3v) is 3.16. The van der Waals surface area contributed by atoms with Crippen LogP contribution in [0.3, 0.4) is 0 Å². The molecular weight excluding hydrogens is 316 g/mol. The third kappa shape index (κ3) is 4.75. The number of nitrogens with zero attached hydrogens (tertiary/aromatic N) is 3. The largest absolute Gasteiger partial charge is 0.482 e. The molecule has 0 unspecified atom stereocenters. The number of H-pyrrole nitrogens is 1. The highest BCUT2D eigenvalue weighted by Gasteiger charge is 2.03. The van der Waals surface area contributed by atoms with Gasteiger partial charge in [0.15, 0.2) is 12.4 Å². The Morgan fingerprint density at radius 3 is 2.78 bits per heavy atom. The average Bonchev–Trinajstić information content (AvgIpc) is 2.92. The maximum atomic E-state index is 11.2. The predicted molar refractivity (Wildman–Crippen MR) is 88.4 cm³/mol. The molecule has 8 heteroatoms. The van der Waals surface area contributed by atoms with E-state index in [4.69, 9.17) is 21.7 Å². The Morgan fingerprint density at radius 1 is 1.39 bits per heavy atom. The van der Waals surface area contributed by atoms with E-state index >= 15 is 0 Å². The van der Waals surface area contributed by atoms with Gasteiger partial charge in [-0.3, -0.25) is 5.10 Å². The fourth-order valence-electron chi connectivity index (χ4n) is 1.79. The van der Waals surface area contributed by atoms with Crippen LogP contribution in [0.5, 0.6) is 5.75 Å². The number of hydrogen-bond acceptors (Lipinski definition) is 6. The minimum absolute atomic E-state index is 0.106. The summed E-state index contributed by atoms with van der Waals surface area (Å²) in [6.45, 7) is 3.97. The number of nitrogens with one attached hydrogen (secondary N) is 1. The number of carbonyl (C=O) groups is 1. The van der Waals surface area contributed by atoms with Crippen LogP contribution in [-0.2, 0) is 16.0 Å². The second-order valence-corrected chi connectivity index (χ2v) is 4.90. The number of rotatable bonds is 7. The van der Waals surface area contributed by atoms with E-state index in [9.17, 15) is 4.79 Å². The van der Waals surface area contributed by atoms with Gasteiger partial charge in [0.1, 0.15) is 5.75 Å². The van der Waals surface area contributed by atoms with Crippen molar-refractivity contribution in [2.45, 2.75) is 20.3 Å². The lowest BCUT2D eigenvalue weighted by molar-refractivity contribution is -0.145. The Hall–Kier alpha value is -2.48. The zero-order valence-corrected chi connectivity index (χ0v) is 13.8. The molecule has 0 aliphatic carbocycles. The van der Waals surface area contributed by atoms with Crippen molar-refractivity contribution in [2.24, 2.45) is 5.10 Å². The molecule has 0 saturated heterocycles. The van der Waals surface area contributed by atoms with Crippen LogP contribution >= 0.6 is 12.2 Å². The molecule has 0 aliphatic heterocycles.